The van der Waals surface area contributed by atoms with E-state index in [2.05, 4.69) is 12.2 Å². The van der Waals surface area contributed by atoms with Gasteiger partial charge in [0.25, 0.3) is 0 Å². The number of hydrogen-bond donors (Lipinski definition) is 1. The SMILES string of the molecule is CCc1ccc(NC(=O)CN(C)C)cc1. The molecule has 0 aromatic heterocycles. The van der Waals surface area contributed by atoms with Crippen LogP contribution in [0, 0.1) is 0 Å². The maximum Gasteiger partial charge on any atom is 0.238 e. The van der Waals surface area contributed by atoms with Gasteiger partial charge in [0.05, 0.1) is 6.54 Å². The number of carbonyl (C=O) groups excluding carboxylic acids is 1. The van der Waals surface area contributed by atoms with Crippen LogP contribution < -0.4 is 5.32 Å². The van der Waals surface area contributed by atoms with Gasteiger partial charge in [0.1, 0.15) is 0 Å². The highest BCUT2D eigenvalue weighted by molar-refractivity contribution is 5.92. The normalized spacial score (nSPS) is 10.4. The monoisotopic (exact) mass is 206 g/mol. The molecule has 0 saturated heterocycles. The van der Waals surface area contributed by atoms with Gasteiger partial charge in [0.15, 0.2) is 0 Å². The lowest BCUT2D eigenvalue weighted by Gasteiger charge is -2.10. The quantitative estimate of drug-likeness (QED) is 0.814. The zero-order valence-electron chi connectivity index (χ0n) is 9.58. The zero-order chi connectivity index (χ0) is 11.3. The standard InChI is InChI=1S/C12H18N2O/c1-4-10-5-7-11(8-6-10)13-12(15)9-14(2)3/h5-8H,4,9H2,1-3H3,(H,13,15). The lowest BCUT2D eigenvalue weighted by atomic mass is 10.1. The van der Waals surface area contributed by atoms with Crippen molar-refractivity contribution in [2.45, 2.75) is 13.3 Å². The predicted octanol–water partition coefficient (Wildman–Crippen LogP) is 1.75. The topological polar surface area (TPSA) is 32.3 Å². The summed E-state index contributed by atoms with van der Waals surface area (Å²) in [4.78, 5) is 13.3. The lowest BCUT2D eigenvalue weighted by Crippen LogP contribution is -2.27. The molecule has 1 amide bonds. The Bertz CT molecular complexity index is 317. The number of likely N-dealkylation sites (N-methyl/N-ethyl adjacent to an activating group) is 1. The summed E-state index contributed by atoms with van der Waals surface area (Å²) in [6.45, 7) is 2.52. The van der Waals surface area contributed by atoms with Gasteiger partial charge in [-0.1, -0.05) is 19.1 Å². The fourth-order valence-electron chi connectivity index (χ4n) is 1.31. The highest BCUT2D eigenvalue weighted by atomic mass is 16.2. The van der Waals surface area contributed by atoms with Crippen molar-refractivity contribution in [3.8, 4) is 0 Å². The summed E-state index contributed by atoms with van der Waals surface area (Å²) in [5.41, 5.74) is 2.14. The van der Waals surface area contributed by atoms with Crippen molar-refractivity contribution < 1.29 is 4.79 Å². The van der Waals surface area contributed by atoms with Crippen molar-refractivity contribution in [2.24, 2.45) is 0 Å². The molecule has 0 aliphatic rings. The smallest absolute Gasteiger partial charge is 0.238 e. The van der Waals surface area contributed by atoms with Crippen LogP contribution in [0.1, 0.15) is 12.5 Å². The van der Waals surface area contributed by atoms with Gasteiger partial charge in [0.2, 0.25) is 5.91 Å². The molecular weight excluding hydrogens is 188 g/mol. The Morgan fingerprint density at radius 2 is 1.87 bits per heavy atom. The summed E-state index contributed by atoms with van der Waals surface area (Å²) >= 11 is 0. The minimum atomic E-state index is 0.0178. The van der Waals surface area contributed by atoms with Crippen LogP contribution in [0.2, 0.25) is 0 Å². The molecule has 0 spiro atoms. The Kier molecular flexibility index (Phi) is 4.31. The van der Waals surface area contributed by atoms with Gasteiger partial charge >= 0.3 is 0 Å². The summed E-state index contributed by atoms with van der Waals surface area (Å²) in [5, 5.41) is 2.84. The molecule has 1 aromatic rings. The van der Waals surface area contributed by atoms with Gasteiger partial charge in [0, 0.05) is 5.69 Å². The number of nitrogens with zero attached hydrogens (tertiary/aromatic N) is 1. The summed E-state index contributed by atoms with van der Waals surface area (Å²) in [6.07, 6.45) is 1.02. The second kappa shape index (κ2) is 5.51. The Morgan fingerprint density at radius 3 is 2.33 bits per heavy atom. The van der Waals surface area contributed by atoms with Crippen LogP contribution >= 0.6 is 0 Å². The summed E-state index contributed by atoms with van der Waals surface area (Å²) in [7, 11) is 3.75. The van der Waals surface area contributed by atoms with E-state index in [-0.39, 0.29) is 5.91 Å². The number of amides is 1. The molecule has 1 aromatic carbocycles. The lowest BCUT2D eigenvalue weighted by molar-refractivity contribution is -0.116. The largest absolute Gasteiger partial charge is 0.325 e. The molecule has 0 atom stereocenters. The second-order valence-corrected chi connectivity index (χ2v) is 3.84. The molecule has 82 valence electrons. The molecule has 15 heavy (non-hydrogen) atoms. The van der Waals surface area contributed by atoms with Gasteiger partial charge < -0.3 is 10.2 Å². The van der Waals surface area contributed by atoms with Gasteiger partial charge in [-0.25, -0.2) is 0 Å². The summed E-state index contributed by atoms with van der Waals surface area (Å²) < 4.78 is 0. The van der Waals surface area contributed by atoms with Crippen molar-refractivity contribution in [3.63, 3.8) is 0 Å². The molecule has 0 fully saturated rings. The van der Waals surface area contributed by atoms with E-state index in [1.54, 1.807) is 0 Å². The van der Waals surface area contributed by atoms with Crippen molar-refractivity contribution >= 4 is 11.6 Å². The number of rotatable bonds is 4. The van der Waals surface area contributed by atoms with E-state index < -0.39 is 0 Å². The Hall–Kier alpha value is -1.35. The molecule has 0 aliphatic heterocycles. The van der Waals surface area contributed by atoms with E-state index in [1.165, 1.54) is 5.56 Å². The second-order valence-electron chi connectivity index (χ2n) is 3.84. The van der Waals surface area contributed by atoms with Crippen molar-refractivity contribution in [2.75, 3.05) is 26.0 Å². The van der Waals surface area contributed by atoms with E-state index in [0.717, 1.165) is 12.1 Å². The first-order valence-corrected chi connectivity index (χ1v) is 5.15. The molecular formula is C12H18N2O. The number of hydrogen-bond acceptors (Lipinski definition) is 2. The van der Waals surface area contributed by atoms with Crippen LogP contribution in [-0.2, 0) is 11.2 Å². The van der Waals surface area contributed by atoms with Crippen LogP contribution in [0.4, 0.5) is 5.69 Å². The van der Waals surface area contributed by atoms with Crippen molar-refractivity contribution in [1.29, 1.82) is 0 Å². The van der Waals surface area contributed by atoms with E-state index in [4.69, 9.17) is 0 Å². The third kappa shape index (κ3) is 4.13. The third-order valence-electron chi connectivity index (χ3n) is 2.11. The molecule has 0 aliphatic carbocycles. The Balaban J connectivity index is 2.53. The number of aryl methyl sites for hydroxylation is 1. The molecule has 0 saturated carbocycles. The number of nitrogens with one attached hydrogen (secondary N) is 1. The van der Waals surface area contributed by atoms with Gasteiger partial charge in [-0.05, 0) is 38.2 Å². The first-order valence-electron chi connectivity index (χ1n) is 5.15. The molecule has 3 heteroatoms. The highest BCUT2D eigenvalue weighted by Crippen LogP contribution is 2.09. The van der Waals surface area contributed by atoms with Gasteiger partial charge in [-0.2, -0.15) is 0 Å². The fraction of sp³-hybridized carbons (Fsp3) is 0.417. The summed E-state index contributed by atoms with van der Waals surface area (Å²) in [5.74, 6) is 0.0178. The van der Waals surface area contributed by atoms with E-state index >= 15 is 0 Å². The number of anilines is 1. The third-order valence-corrected chi connectivity index (χ3v) is 2.11. The van der Waals surface area contributed by atoms with Crippen molar-refractivity contribution in [1.82, 2.24) is 4.90 Å². The summed E-state index contributed by atoms with van der Waals surface area (Å²) in [6, 6.07) is 7.94. The average molecular weight is 206 g/mol. The molecule has 1 rings (SSSR count). The van der Waals surface area contributed by atoms with Crippen LogP contribution in [0.3, 0.4) is 0 Å². The maximum atomic E-state index is 11.4. The average Bonchev–Trinajstić information content (AvgIpc) is 2.17. The molecule has 1 N–H and O–H groups in total. The van der Waals surface area contributed by atoms with E-state index in [0.29, 0.717) is 6.54 Å². The molecule has 0 bridgehead atoms. The first kappa shape index (κ1) is 11.7. The Labute approximate surface area is 91.1 Å². The number of benzene rings is 1. The molecule has 0 heterocycles. The van der Waals surface area contributed by atoms with Crippen molar-refractivity contribution in [3.05, 3.63) is 29.8 Å². The maximum absolute atomic E-state index is 11.4. The molecule has 3 nitrogen and oxygen atoms in total. The van der Waals surface area contributed by atoms with Gasteiger partial charge in [-0.3, -0.25) is 4.79 Å². The zero-order valence-corrected chi connectivity index (χ0v) is 9.58. The van der Waals surface area contributed by atoms with E-state index in [9.17, 15) is 4.79 Å². The van der Waals surface area contributed by atoms with Gasteiger partial charge in [-0.15, -0.1) is 0 Å². The molecule has 0 radical (unpaired) electrons. The molecule has 0 unspecified atom stereocenters. The van der Waals surface area contributed by atoms with E-state index in [1.807, 2.05) is 43.3 Å². The first-order chi connectivity index (χ1) is 7.11. The fourth-order valence-corrected chi connectivity index (χ4v) is 1.31. The minimum absolute atomic E-state index is 0.0178. The van der Waals surface area contributed by atoms with Crippen LogP contribution in [0.25, 0.3) is 0 Å². The highest BCUT2D eigenvalue weighted by Gasteiger charge is 2.02. The van der Waals surface area contributed by atoms with Crippen LogP contribution in [0.5, 0.6) is 0 Å². The van der Waals surface area contributed by atoms with Crippen LogP contribution in [0.15, 0.2) is 24.3 Å². The van der Waals surface area contributed by atoms with Crippen LogP contribution in [-0.4, -0.2) is 31.4 Å². The predicted molar refractivity (Wildman–Crippen MR) is 63.0 cm³/mol. The Morgan fingerprint density at radius 1 is 1.27 bits per heavy atom. The minimum Gasteiger partial charge on any atom is -0.325 e. The number of carbonyl (C=O) groups is 1.